The molecule has 4 heteroatoms. The van der Waals surface area contributed by atoms with E-state index in [-0.39, 0.29) is 0 Å². The maximum atomic E-state index is 10.2. The van der Waals surface area contributed by atoms with Gasteiger partial charge in [0.2, 0.25) is 0 Å². The highest BCUT2D eigenvalue weighted by Gasteiger charge is 2.16. The first-order chi connectivity index (χ1) is 8.09. The molecule has 1 nitrogen and oxygen atoms in total. The van der Waals surface area contributed by atoms with Gasteiger partial charge in [0.15, 0.2) is 0 Å². The van der Waals surface area contributed by atoms with Crippen LogP contribution in [0.15, 0.2) is 34.1 Å². The summed E-state index contributed by atoms with van der Waals surface area (Å²) >= 11 is 11.1. The van der Waals surface area contributed by atoms with E-state index in [1.54, 1.807) is 0 Å². The number of halogens is 2. The zero-order chi connectivity index (χ0) is 12.4. The minimum atomic E-state index is -0.542. The summed E-state index contributed by atoms with van der Waals surface area (Å²) in [5.74, 6) is 0. The molecule has 1 N–H and O–H groups in total. The third kappa shape index (κ3) is 2.91. The molecule has 0 aliphatic rings. The molecule has 0 aliphatic heterocycles. The Balaban J connectivity index is 2.20. The van der Waals surface area contributed by atoms with Crippen molar-refractivity contribution in [3.8, 4) is 0 Å². The van der Waals surface area contributed by atoms with Crippen molar-refractivity contribution in [1.82, 2.24) is 0 Å². The Bertz CT molecular complexity index is 524. The van der Waals surface area contributed by atoms with Crippen LogP contribution in [0, 0.1) is 6.92 Å². The Morgan fingerprint density at radius 3 is 2.71 bits per heavy atom. The van der Waals surface area contributed by atoms with Crippen molar-refractivity contribution in [2.75, 3.05) is 0 Å². The molecule has 2 rings (SSSR count). The first kappa shape index (κ1) is 13.1. The molecule has 2 aromatic rings. The monoisotopic (exact) mass is 330 g/mol. The van der Waals surface area contributed by atoms with Crippen LogP contribution in [0.2, 0.25) is 5.02 Å². The van der Waals surface area contributed by atoms with Gasteiger partial charge in [0.1, 0.15) is 0 Å². The minimum absolute atomic E-state index is 0.542. The zero-order valence-electron chi connectivity index (χ0n) is 9.28. The van der Waals surface area contributed by atoms with Crippen LogP contribution in [0.5, 0.6) is 0 Å². The summed E-state index contributed by atoms with van der Waals surface area (Å²) in [6, 6.07) is 7.90. The summed E-state index contributed by atoms with van der Waals surface area (Å²) < 4.78 is 1.02. The number of thiophene rings is 1. The normalized spacial score (nSPS) is 12.7. The van der Waals surface area contributed by atoms with E-state index in [9.17, 15) is 5.11 Å². The summed E-state index contributed by atoms with van der Waals surface area (Å²) in [5, 5.41) is 12.9. The predicted octanol–water partition coefficient (Wildman–Crippen LogP) is 4.75. The van der Waals surface area contributed by atoms with E-state index in [4.69, 9.17) is 11.6 Å². The third-order valence-electron chi connectivity index (χ3n) is 2.60. The van der Waals surface area contributed by atoms with Crippen LogP contribution in [0.3, 0.4) is 0 Å². The van der Waals surface area contributed by atoms with Gasteiger partial charge < -0.3 is 5.11 Å². The molecule has 1 heterocycles. The zero-order valence-corrected chi connectivity index (χ0v) is 12.4. The lowest BCUT2D eigenvalue weighted by Gasteiger charge is -2.11. The highest BCUT2D eigenvalue weighted by atomic mass is 79.9. The molecule has 1 unspecified atom stereocenters. The Morgan fingerprint density at radius 1 is 1.41 bits per heavy atom. The fourth-order valence-corrected chi connectivity index (χ4v) is 3.39. The number of aliphatic hydroxyl groups excluding tert-OH is 1. The molecule has 0 fully saturated rings. The maximum absolute atomic E-state index is 10.2. The molecule has 0 radical (unpaired) electrons. The first-order valence-electron chi connectivity index (χ1n) is 5.24. The van der Waals surface area contributed by atoms with E-state index in [0.29, 0.717) is 11.4 Å². The molecule has 0 aliphatic carbocycles. The SMILES string of the molecule is Cc1csc(C(O)Cc2ccccc2Br)c1Cl. The fraction of sp³-hybridized carbons (Fsp3) is 0.231. The Morgan fingerprint density at radius 2 is 2.12 bits per heavy atom. The largest absolute Gasteiger partial charge is 0.387 e. The van der Waals surface area contributed by atoms with Crippen molar-refractivity contribution >= 4 is 38.9 Å². The highest BCUT2D eigenvalue weighted by Crippen LogP contribution is 2.34. The lowest BCUT2D eigenvalue weighted by molar-refractivity contribution is 0.182. The second-order valence-electron chi connectivity index (χ2n) is 3.91. The Kier molecular flexibility index (Phi) is 4.26. The van der Waals surface area contributed by atoms with Gasteiger partial charge in [-0.2, -0.15) is 0 Å². The Hall–Kier alpha value is -0.350. The topological polar surface area (TPSA) is 20.2 Å². The second-order valence-corrected chi connectivity index (χ2v) is 6.05. The molecule has 17 heavy (non-hydrogen) atoms. The molecule has 0 saturated carbocycles. The summed E-state index contributed by atoms with van der Waals surface area (Å²) in [5.41, 5.74) is 2.11. The van der Waals surface area contributed by atoms with Gasteiger partial charge in [0, 0.05) is 10.9 Å². The quantitative estimate of drug-likeness (QED) is 0.860. The number of hydrogen-bond acceptors (Lipinski definition) is 2. The minimum Gasteiger partial charge on any atom is -0.387 e. The number of benzene rings is 1. The van der Waals surface area contributed by atoms with Gasteiger partial charge in [0.25, 0.3) is 0 Å². The van der Waals surface area contributed by atoms with Crippen molar-refractivity contribution < 1.29 is 5.11 Å². The molecular weight excluding hydrogens is 320 g/mol. The molecule has 0 saturated heterocycles. The Labute approximate surface area is 118 Å². The summed E-state index contributed by atoms with van der Waals surface area (Å²) in [7, 11) is 0. The van der Waals surface area contributed by atoms with Gasteiger partial charge >= 0.3 is 0 Å². The molecule has 0 amide bonds. The van der Waals surface area contributed by atoms with Crippen LogP contribution in [-0.4, -0.2) is 5.11 Å². The van der Waals surface area contributed by atoms with E-state index in [1.165, 1.54) is 11.3 Å². The maximum Gasteiger partial charge on any atom is 0.0937 e. The van der Waals surface area contributed by atoms with Crippen LogP contribution in [-0.2, 0) is 6.42 Å². The van der Waals surface area contributed by atoms with E-state index in [0.717, 1.165) is 20.5 Å². The van der Waals surface area contributed by atoms with Crippen LogP contribution in [0.4, 0.5) is 0 Å². The lowest BCUT2D eigenvalue weighted by Crippen LogP contribution is -2.01. The first-order valence-corrected chi connectivity index (χ1v) is 7.29. The van der Waals surface area contributed by atoms with E-state index < -0.39 is 6.10 Å². The van der Waals surface area contributed by atoms with Gasteiger partial charge in [-0.25, -0.2) is 0 Å². The van der Waals surface area contributed by atoms with E-state index in [2.05, 4.69) is 15.9 Å². The average Bonchev–Trinajstić information content (AvgIpc) is 2.63. The molecule has 0 spiro atoms. The van der Waals surface area contributed by atoms with Crippen molar-refractivity contribution in [1.29, 1.82) is 0 Å². The third-order valence-corrected chi connectivity index (χ3v) is 5.19. The second kappa shape index (κ2) is 5.53. The molecular formula is C13H12BrClOS. The van der Waals surface area contributed by atoms with Crippen LogP contribution in [0.1, 0.15) is 22.1 Å². The van der Waals surface area contributed by atoms with Crippen LogP contribution >= 0.6 is 38.9 Å². The van der Waals surface area contributed by atoms with Crippen LogP contribution < -0.4 is 0 Å². The summed E-state index contributed by atoms with van der Waals surface area (Å²) in [4.78, 5) is 0.847. The van der Waals surface area contributed by atoms with Crippen molar-refractivity contribution in [3.05, 3.63) is 55.1 Å². The smallest absolute Gasteiger partial charge is 0.0937 e. The molecule has 1 atom stereocenters. The number of aliphatic hydroxyl groups is 1. The van der Waals surface area contributed by atoms with Gasteiger partial charge in [-0.15, -0.1) is 11.3 Å². The fourth-order valence-electron chi connectivity index (χ4n) is 1.64. The molecule has 90 valence electrons. The van der Waals surface area contributed by atoms with Crippen molar-refractivity contribution in [3.63, 3.8) is 0 Å². The average molecular weight is 332 g/mol. The predicted molar refractivity (Wildman–Crippen MR) is 76.9 cm³/mol. The number of rotatable bonds is 3. The molecule has 0 bridgehead atoms. The van der Waals surface area contributed by atoms with Crippen molar-refractivity contribution in [2.45, 2.75) is 19.4 Å². The van der Waals surface area contributed by atoms with Crippen molar-refractivity contribution in [2.24, 2.45) is 0 Å². The van der Waals surface area contributed by atoms with Gasteiger partial charge in [-0.05, 0) is 29.5 Å². The van der Waals surface area contributed by atoms with Gasteiger partial charge in [-0.3, -0.25) is 0 Å². The summed E-state index contributed by atoms with van der Waals surface area (Å²) in [6.07, 6.45) is 0.0288. The molecule has 1 aromatic heterocycles. The molecule has 1 aromatic carbocycles. The number of aryl methyl sites for hydroxylation is 1. The summed E-state index contributed by atoms with van der Waals surface area (Å²) in [6.45, 7) is 1.95. The lowest BCUT2D eigenvalue weighted by atomic mass is 10.1. The standard InChI is InChI=1S/C13H12BrClOS/c1-8-7-17-13(12(8)15)11(16)6-9-4-2-3-5-10(9)14/h2-5,7,11,16H,6H2,1H3. The van der Waals surface area contributed by atoms with Gasteiger partial charge in [0.05, 0.1) is 16.0 Å². The van der Waals surface area contributed by atoms with E-state index in [1.807, 2.05) is 36.6 Å². The number of hydrogen-bond donors (Lipinski definition) is 1. The highest BCUT2D eigenvalue weighted by molar-refractivity contribution is 9.10. The van der Waals surface area contributed by atoms with Gasteiger partial charge in [-0.1, -0.05) is 45.7 Å². The van der Waals surface area contributed by atoms with Crippen LogP contribution in [0.25, 0.3) is 0 Å². The van der Waals surface area contributed by atoms with E-state index >= 15 is 0 Å².